The minimum Gasteiger partial charge on any atom is -0.473 e. The number of hydrogen-bond donors (Lipinski definition) is 2. The quantitative estimate of drug-likeness (QED) is 0.475. The van der Waals surface area contributed by atoms with Gasteiger partial charge in [0.15, 0.2) is 5.96 Å². The van der Waals surface area contributed by atoms with Gasteiger partial charge in [-0.15, -0.1) is 0 Å². The summed E-state index contributed by atoms with van der Waals surface area (Å²) in [7, 11) is 1.79. The molecule has 1 heterocycles. The lowest BCUT2D eigenvalue weighted by Crippen LogP contribution is -2.45. The van der Waals surface area contributed by atoms with Crippen molar-refractivity contribution in [2.45, 2.75) is 52.9 Å². The van der Waals surface area contributed by atoms with Crippen LogP contribution in [0.2, 0.25) is 0 Å². The summed E-state index contributed by atoms with van der Waals surface area (Å²) in [5.74, 6) is 1.42. The third-order valence-corrected chi connectivity index (χ3v) is 4.73. The number of hydrogen-bond acceptors (Lipinski definition) is 4. The van der Waals surface area contributed by atoms with Crippen LogP contribution in [0.1, 0.15) is 38.8 Å². The first kappa shape index (κ1) is 22.7. The smallest absolute Gasteiger partial charge is 0.218 e. The van der Waals surface area contributed by atoms with Gasteiger partial charge in [-0.1, -0.05) is 36.4 Å². The number of nitrogens with one attached hydrogen (secondary N) is 2. The molecule has 0 amide bonds. The van der Waals surface area contributed by atoms with Crippen molar-refractivity contribution < 1.29 is 4.74 Å². The Labute approximate surface area is 175 Å². The first-order chi connectivity index (χ1) is 14.0. The van der Waals surface area contributed by atoms with Crippen LogP contribution in [0.4, 0.5) is 0 Å². The summed E-state index contributed by atoms with van der Waals surface area (Å²) in [4.78, 5) is 11.2. The number of ether oxygens (including phenoxy) is 1. The second-order valence-corrected chi connectivity index (χ2v) is 7.52. The van der Waals surface area contributed by atoms with Crippen LogP contribution in [-0.4, -0.2) is 48.1 Å². The number of nitrogens with zero attached hydrogens (tertiary/aromatic N) is 3. The van der Waals surface area contributed by atoms with Crippen LogP contribution in [-0.2, 0) is 13.2 Å². The molecule has 2 N–H and O–H groups in total. The molecule has 158 valence electrons. The molecule has 2 aromatic rings. The van der Waals surface area contributed by atoms with Crippen LogP contribution in [0.25, 0.3) is 0 Å². The highest BCUT2D eigenvalue weighted by atomic mass is 16.5. The molecule has 0 fully saturated rings. The zero-order valence-corrected chi connectivity index (χ0v) is 18.4. The standard InChI is InChI=1S/C23H35N5O/c1-18(2)28(19(3)4)15-14-26-23(24-5)27-16-21-12-9-13-25-22(21)29-17-20-10-7-6-8-11-20/h6-13,18-19H,14-17H2,1-5H3,(H2,24,26,27). The van der Waals surface area contributed by atoms with Crippen molar-refractivity contribution in [2.75, 3.05) is 20.1 Å². The lowest BCUT2D eigenvalue weighted by atomic mass is 10.2. The molecule has 0 saturated carbocycles. The van der Waals surface area contributed by atoms with Crippen LogP contribution in [0.15, 0.2) is 53.7 Å². The van der Waals surface area contributed by atoms with E-state index in [2.05, 4.69) is 53.2 Å². The largest absolute Gasteiger partial charge is 0.473 e. The molecule has 6 heteroatoms. The van der Waals surface area contributed by atoms with Gasteiger partial charge in [0.05, 0.1) is 0 Å². The zero-order chi connectivity index (χ0) is 21.1. The highest BCUT2D eigenvalue weighted by Crippen LogP contribution is 2.15. The van der Waals surface area contributed by atoms with Gasteiger partial charge in [-0.25, -0.2) is 4.98 Å². The molecule has 1 aromatic heterocycles. The number of pyridine rings is 1. The zero-order valence-electron chi connectivity index (χ0n) is 18.4. The Balaban J connectivity index is 1.86. The average molecular weight is 398 g/mol. The fourth-order valence-electron chi connectivity index (χ4n) is 3.23. The van der Waals surface area contributed by atoms with Crippen molar-refractivity contribution >= 4 is 5.96 Å². The Morgan fingerprint density at radius 2 is 1.76 bits per heavy atom. The lowest BCUT2D eigenvalue weighted by Gasteiger charge is -2.30. The van der Waals surface area contributed by atoms with Gasteiger partial charge in [0.2, 0.25) is 5.88 Å². The van der Waals surface area contributed by atoms with Gasteiger partial charge >= 0.3 is 0 Å². The summed E-state index contributed by atoms with van der Waals surface area (Å²) in [6.45, 7) is 11.8. The Bertz CT molecular complexity index is 738. The molecule has 0 spiro atoms. The van der Waals surface area contributed by atoms with E-state index in [1.165, 1.54) is 0 Å². The maximum Gasteiger partial charge on any atom is 0.218 e. The minimum absolute atomic E-state index is 0.498. The number of guanidine groups is 1. The third-order valence-electron chi connectivity index (χ3n) is 4.73. The molecule has 0 bridgehead atoms. The second-order valence-electron chi connectivity index (χ2n) is 7.52. The third kappa shape index (κ3) is 7.74. The van der Waals surface area contributed by atoms with Gasteiger partial charge < -0.3 is 15.4 Å². The maximum absolute atomic E-state index is 5.94. The van der Waals surface area contributed by atoms with Gasteiger partial charge in [0, 0.05) is 50.5 Å². The average Bonchev–Trinajstić information content (AvgIpc) is 2.72. The van der Waals surface area contributed by atoms with E-state index in [0.717, 1.165) is 30.2 Å². The Morgan fingerprint density at radius 1 is 1.03 bits per heavy atom. The predicted molar refractivity (Wildman–Crippen MR) is 120 cm³/mol. The first-order valence-electron chi connectivity index (χ1n) is 10.3. The molecule has 0 radical (unpaired) electrons. The molecule has 0 aliphatic rings. The van der Waals surface area contributed by atoms with Crippen molar-refractivity contribution in [2.24, 2.45) is 4.99 Å². The first-order valence-corrected chi connectivity index (χ1v) is 10.3. The van der Waals surface area contributed by atoms with Crippen LogP contribution >= 0.6 is 0 Å². The fourth-order valence-corrected chi connectivity index (χ4v) is 3.23. The molecule has 0 unspecified atom stereocenters. The molecule has 1 aromatic carbocycles. The van der Waals surface area contributed by atoms with E-state index in [0.29, 0.717) is 31.1 Å². The molecule has 0 aliphatic heterocycles. The summed E-state index contributed by atoms with van der Waals surface area (Å²) in [6, 6.07) is 15.1. The van der Waals surface area contributed by atoms with Crippen LogP contribution in [0.3, 0.4) is 0 Å². The highest BCUT2D eigenvalue weighted by Gasteiger charge is 2.13. The highest BCUT2D eigenvalue weighted by molar-refractivity contribution is 5.79. The molecule has 29 heavy (non-hydrogen) atoms. The fraction of sp³-hybridized carbons (Fsp3) is 0.478. The number of benzene rings is 1. The van der Waals surface area contributed by atoms with Crippen molar-refractivity contribution in [1.82, 2.24) is 20.5 Å². The van der Waals surface area contributed by atoms with Crippen LogP contribution < -0.4 is 15.4 Å². The van der Waals surface area contributed by atoms with Crippen molar-refractivity contribution in [1.29, 1.82) is 0 Å². The number of rotatable bonds is 10. The Kier molecular flexibility index (Phi) is 9.44. The van der Waals surface area contributed by atoms with E-state index in [9.17, 15) is 0 Å². The van der Waals surface area contributed by atoms with E-state index in [4.69, 9.17) is 4.74 Å². The van der Waals surface area contributed by atoms with Crippen molar-refractivity contribution in [3.05, 3.63) is 59.8 Å². The van der Waals surface area contributed by atoms with Gasteiger partial charge in [-0.2, -0.15) is 0 Å². The molecular weight excluding hydrogens is 362 g/mol. The molecule has 0 atom stereocenters. The SMILES string of the molecule is CN=C(NCCN(C(C)C)C(C)C)NCc1cccnc1OCc1ccccc1. The predicted octanol–water partition coefficient (Wildman–Crippen LogP) is 3.44. The van der Waals surface area contributed by atoms with Gasteiger partial charge in [-0.3, -0.25) is 9.89 Å². The summed E-state index contributed by atoms with van der Waals surface area (Å²) >= 11 is 0. The van der Waals surface area contributed by atoms with Gasteiger partial charge in [0.25, 0.3) is 0 Å². The summed E-state index contributed by atoms with van der Waals surface area (Å²) < 4.78 is 5.94. The van der Waals surface area contributed by atoms with Crippen molar-refractivity contribution in [3.63, 3.8) is 0 Å². The maximum atomic E-state index is 5.94. The molecule has 6 nitrogen and oxygen atoms in total. The van der Waals surface area contributed by atoms with Crippen molar-refractivity contribution in [3.8, 4) is 5.88 Å². The molecule has 0 saturated heterocycles. The summed E-state index contributed by atoms with van der Waals surface area (Å²) in [5.41, 5.74) is 2.12. The van der Waals surface area contributed by atoms with E-state index < -0.39 is 0 Å². The summed E-state index contributed by atoms with van der Waals surface area (Å²) in [5, 5.41) is 6.75. The monoisotopic (exact) mass is 397 g/mol. The topological polar surface area (TPSA) is 61.8 Å². The molecule has 2 rings (SSSR count). The minimum atomic E-state index is 0.498. The Morgan fingerprint density at radius 3 is 2.41 bits per heavy atom. The Hall–Kier alpha value is -2.60. The van der Waals surface area contributed by atoms with Gasteiger partial charge in [-0.05, 0) is 39.3 Å². The van der Waals surface area contributed by atoms with Gasteiger partial charge in [0.1, 0.15) is 6.61 Å². The number of aromatic nitrogens is 1. The normalized spacial score (nSPS) is 11.9. The van der Waals surface area contributed by atoms with Crippen LogP contribution in [0, 0.1) is 0 Å². The summed E-state index contributed by atoms with van der Waals surface area (Å²) in [6.07, 6.45) is 1.75. The van der Waals surface area contributed by atoms with E-state index >= 15 is 0 Å². The molecule has 0 aliphatic carbocycles. The van der Waals surface area contributed by atoms with E-state index in [1.807, 2.05) is 42.5 Å². The number of aliphatic imine (C=N–C) groups is 1. The van der Waals surface area contributed by atoms with E-state index in [1.54, 1.807) is 13.2 Å². The second kappa shape index (κ2) is 12.1. The molecular formula is C23H35N5O. The lowest BCUT2D eigenvalue weighted by molar-refractivity contribution is 0.178. The van der Waals surface area contributed by atoms with Crippen LogP contribution in [0.5, 0.6) is 5.88 Å². The van der Waals surface area contributed by atoms with E-state index in [-0.39, 0.29) is 0 Å².